The lowest BCUT2D eigenvalue weighted by molar-refractivity contribution is -0.128. The Morgan fingerprint density at radius 3 is 2.54 bits per heavy atom. The van der Waals surface area contributed by atoms with Gasteiger partial charge in [-0.25, -0.2) is 9.67 Å². The van der Waals surface area contributed by atoms with Crippen LogP contribution in [0.1, 0.15) is 13.8 Å². The van der Waals surface area contributed by atoms with Crippen molar-refractivity contribution in [2.75, 3.05) is 5.32 Å². The smallest absolute Gasteiger partial charge is 0.269 e. The van der Waals surface area contributed by atoms with Crippen LogP contribution < -0.4 is 10.1 Å². The molecule has 0 unspecified atom stereocenters. The fraction of sp³-hybridized carbons (Fsp3) is 0.167. The molecule has 0 saturated heterocycles. The fourth-order valence-corrected chi connectivity index (χ4v) is 2.10. The molecule has 3 aromatic rings. The molecule has 0 bridgehead atoms. The van der Waals surface area contributed by atoms with Crippen molar-refractivity contribution in [3.63, 3.8) is 0 Å². The minimum absolute atomic E-state index is 0.296. The maximum atomic E-state index is 12.4. The van der Waals surface area contributed by atoms with E-state index < -0.39 is 5.60 Å². The van der Waals surface area contributed by atoms with E-state index in [1.165, 1.54) is 0 Å². The molecule has 0 aliphatic heterocycles. The lowest BCUT2D eigenvalue weighted by atomic mass is 10.1. The molecule has 24 heavy (non-hydrogen) atoms. The highest BCUT2D eigenvalue weighted by molar-refractivity contribution is 5.96. The van der Waals surface area contributed by atoms with E-state index in [1.807, 2.05) is 30.3 Å². The number of hydrogen-bond donors (Lipinski definition) is 1. The standard InChI is InChI=1S/C18H18N4O2/c1-18(2,17(23)20-15-10-6-7-12-19-15)24-16-11-13-22(21-16)14-8-4-3-5-9-14/h3-13H,1-2H3,(H,19,20,23). The topological polar surface area (TPSA) is 69.0 Å². The van der Waals surface area contributed by atoms with Crippen LogP contribution in [0.5, 0.6) is 5.88 Å². The molecule has 0 fully saturated rings. The molecule has 2 aromatic heterocycles. The Labute approximate surface area is 140 Å². The molecule has 0 aliphatic carbocycles. The number of amides is 1. The third kappa shape index (κ3) is 3.60. The Morgan fingerprint density at radius 1 is 1.08 bits per heavy atom. The van der Waals surface area contributed by atoms with Crippen molar-refractivity contribution in [2.45, 2.75) is 19.4 Å². The third-order valence-corrected chi connectivity index (χ3v) is 3.40. The lowest BCUT2D eigenvalue weighted by Gasteiger charge is -2.23. The summed E-state index contributed by atoms with van der Waals surface area (Å²) in [6, 6.07) is 16.7. The Hall–Kier alpha value is -3.15. The number of nitrogens with one attached hydrogen (secondary N) is 1. The molecule has 0 spiro atoms. The average molecular weight is 322 g/mol. The first-order valence-electron chi connectivity index (χ1n) is 7.57. The number of benzene rings is 1. The normalized spacial score (nSPS) is 11.1. The molecule has 0 radical (unpaired) electrons. The van der Waals surface area contributed by atoms with Crippen LogP contribution >= 0.6 is 0 Å². The highest BCUT2D eigenvalue weighted by Gasteiger charge is 2.31. The van der Waals surface area contributed by atoms with Crippen LogP contribution in [-0.4, -0.2) is 26.3 Å². The van der Waals surface area contributed by atoms with Gasteiger partial charge >= 0.3 is 0 Å². The van der Waals surface area contributed by atoms with Crippen LogP contribution in [-0.2, 0) is 4.79 Å². The first kappa shape index (κ1) is 15.7. The van der Waals surface area contributed by atoms with Gasteiger partial charge in [0.25, 0.3) is 5.91 Å². The first-order chi connectivity index (χ1) is 11.5. The van der Waals surface area contributed by atoms with E-state index in [0.717, 1.165) is 5.69 Å². The predicted octanol–water partition coefficient (Wildman–Crippen LogP) is 3.06. The van der Waals surface area contributed by atoms with Gasteiger partial charge in [-0.1, -0.05) is 24.3 Å². The van der Waals surface area contributed by atoms with Crippen molar-refractivity contribution in [1.29, 1.82) is 0 Å². The van der Waals surface area contributed by atoms with Crippen LogP contribution in [0.2, 0.25) is 0 Å². The third-order valence-electron chi connectivity index (χ3n) is 3.40. The first-order valence-corrected chi connectivity index (χ1v) is 7.57. The summed E-state index contributed by atoms with van der Waals surface area (Å²) < 4.78 is 7.46. The van der Waals surface area contributed by atoms with Crippen molar-refractivity contribution >= 4 is 11.7 Å². The summed E-state index contributed by atoms with van der Waals surface area (Å²) in [5.74, 6) is 0.560. The predicted molar refractivity (Wildman–Crippen MR) is 91.1 cm³/mol. The summed E-state index contributed by atoms with van der Waals surface area (Å²) in [5.41, 5.74) is -0.170. The zero-order valence-corrected chi connectivity index (χ0v) is 13.5. The van der Waals surface area contributed by atoms with Crippen LogP contribution in [0, 0.1) is 0 Å². The molecular weight excluding hydrogens is 304 g/mol. The van der Waals surface area contributed by atoms with E-state index in [0.29, 0.717) is 11.7 Å². The minimum atomic E-state index is -1.09. The number of ether oxygens (including phenoxy) is 1. The van der Waals surface area contributed by atoms with Crippen molar-refractivity contribution in [2.24, 2.45) is 0 Å². The van der Waals surface area contributed by atoms with Crippen LogP contribution in [0.15, 0.2) is 67.0 Å². The maximum absolute atomic E-state index is 12.4. The molecule has 122 valence electrons. The summed E-state index contributed by atoms with van der Waals surface area (Å²) in [4.78, 5) is 16.5. The SMILES string of the molecule is CC(C)(Oc1ccn(-c2ccccc2)n1)C(=O)Nc1ccccn1. The maximum Gasteiger partial charge on any atom is 0.269 e. The Bertz CT molecular complexity index is 813. The number of aromatic nitrogens is 3. The molecule has 6 nitrogen and oxygen atoms in total. The molecule has 0 saturated carbocycles. The van der Waals surface area contributed by atoms with Gasteiger partial charge in [0.05, 0.1) is 5.69 Å². The van der Waals surface area contributed by atoms with E-state index in [-0.39, 0.29) is 5.91 Å². The fourth-order valence-electron chi connectivity index (χ4n) is 2.10. The molecular formula is C18H18N4O2. The molecule has 1 N–H and O–H groups in total. The highest BCUT2D eigenvalue weighted by Crippen LogP contribution is 2.19. The summed E-state index contributed by atoms with van der Waals surface area (Å²) in [6.45, 7) is 3.37. The second-order valence-corrected chi connectivity index (χ2v) is 5.72. The molecule has 6 heteroatoms. The number of hydrogen-bond acceptors (Lipinski definition) is 4. The Morgan fingerprint density at radius 2 is 1.83 bits per heavy atom. The summed E-state index contributed by atoms with van der Waals surface area (Å²) in [5, 5.41) is 7.09. The minimum Gasteiger partial charge on any atom is -0.460 e. The van der Waals surface area contributed by atoms with Gasteiger partial charge in [-0.2, -0.15) is 0 Å². The number of rotatable bonds is 5. The summed E-state index contributed by atoms with van der Waals surface area (Å²) in [7, 11) is 0. The summed E-state index contributed by atoms with van der Waals surface area (Å²) >= 11 is 0. The van der Waals surface area contributed by atoms with Gasteiger partial charge in [-0.3, -0.25) is 4.79 Å². The zero-order valence-electron chi connectivity index (χ0n) is 13.5. The highest BCUT2D eigenvalue weighted by atomic mass is 16.5. The van der Waals surface area contributed by atoms with Gasteiger partial charge in [0.2, 0.25) is 5.88 Å². The molecule has 0 atom stereocenters. The van der Waals surface area contributed by atoms with E-state index in [9.17, 15) is 4.79 Å². The van der Waals surface area contributed by atoms with E-state index in [2.05, 4.69) is 15.4 Å². The van der Waals surface area contributed by atoms with E-state index >= 15 is 0 Å². The molecule has 0 aliphatic rings. The van der Waals surface area contributed by atoms with Crippen molar-refractivity contribution in [3.8, 4) is 11.6 Å². The number of nitrogens with zero attached hydrogens (tertiary/aromatic N) is 3. The number of pyridine rings is 1. The van der Waals surface area contributed by atoms with Gasteiger partial charge in [0.15, 0.2) is 5.60 Å². The molecule has 1 aromatic carbocycles. The van der Waals surface area contributed by atoms with Crippen molar-refractivity contribution in [3.05, 3.63) is 67.0 Å². The molecule has 3 rings (SSSR count). The second-order valence-electron chi connectivity index (χ2n) is 5.72. The number of carbonyl (C=O) groups excluding carboxylic acids is 1. The zero-order chi connectivity index (χ0) is 17.0. The Balaban J connectivity index is 1.70. The number of anilines is 1. The van der Waals surface area contributed by atoms with Crippen LogP contribution in [0.25, 0.3) is 5.69 Å². The van der Waals surface area contributed by atoms with Crippen molar-refractivity contribution in [1.82, 2.24) is 14.8 Å². The van der Waals surface area contributed by atoms with Gasteiger partial charge in [-0.15, -0.1) is 5.10 Å². The second kappa shape index (κ2) is 6.54. The quantitative estimate of drug-likeness (QED) is 0.784. The monoisotopic (exact) mass is 322 g/mol. The van der Waals surface area contributed by atoms with Crippen LogP contribution in [0.3, 0.4) is 0 Å². The van der Waals surface area contributed by atoms with E-state index in [4.69, 9.17) is 4.74 Å². The van der Waals surface area contributed by atoms with Gasteiger partial charge < -0.3 is 10.1 Å². The largest absolute Gasteiger partial charge is 0.460 e. The molecule has 1 amide bonds. The average Bonchev–Trinajstić information content (AvgIpc) is 3.04. The van der Waals surface area contributed by atoms with Gasteiger partial charge in [0, 0.05) is 18.5 Å². The van der Waals surface area contributed by atoms with Gasteiger partial charge in [-0.05, 0) is 38.1 Å². The van der Waals surface area contributed by atoms with Crippen molar-refractivity contribution < 1.29 is 9.53 Å². The van der Waals surface area contributed by atoms with Crippen LogP contribution in [0.4, 0.5) is 5.82 Å². The summed E-state index contributed by atoms with van der Waals surface area (Å²) in [6.07, 6.45) is 3.41. The Kier molecular flexibility index (Phi) is 4.29. The van der Waals surface area contributed by atoms with E-state index in [1.54, 1.807) is 55.2 Å². The lowest BCUT2D eigenvalue weighted by Crippen LogP contribution is -2.42. The number of para-hydroxylation sites is 1. The van der Waals surface area contributed by atoms with Gasteiger partial charge in [0.1, 0.15) is 5.82 Å². The number of carbonyl (C=O) groups is 1. The molecule has 2 heterocycles.